The minimum atomic E-state index is -1.04. The summed E-state index contributed by atoms with van der Waals surface area (Å²) < 4.78 is 5.65. The fraction of sp³-hybridized carbons (Fsp3) is 0.333. The molecule has 19 heavy (non-hydrogen) atoms. The molecular weight excluding hydrogens is 246 g/mol. The van der Waals surface area contributed by atoms with Crippen molar-refractivity contribution in [2.45, 2.75) is 19.4 Å². The van der Waals surface area contributed by atoms with E-state index in [0.717, 1.165) is 0 Å². The number of aromatic nitrogens is 4. The number of aryl methyl sites for hydroxylation is 1. The van der Waals surface area contributed by atoms with E-state index in [9.17, 15) is 4.79 Å². The molecule has 1 aromatic carbocycles. The molecule has 0 saturated carbocycles. The van der Waals surface area contributed by atoms with Gasteiger partial charge in [-0.1, -0.05) is 23.3 Å². The van der Waals surface area contributed by atoms with Crippen LogP contribution in [0, 0.1) is 0 Å². The van der Waals surface area contributed by atoms with E-state index in [1.54, 1.807) is 33.0 Å². The number of rotatable bonds is 4. The normalized spacial score (nSPS) is 11.1. The van der Waals surface area contributed by atoms with Gasteiger partial charge in [-0.2, -0.15) is 4.80 Å². The summed E-state index contributed by atoms with van der Waals surface area (Å²) in [5.41, 5.74) is -1.04. The molecule has 7 heteroatoms. The summed E-state index contributed by atoms with van der Waals surface area (Å²) in [4.78, 5) is 13.4. The molecule has 1 heterocycles. The number of carbonyl (C=O) groups excluding carboxylic acids is 1. The predicted octanol–water partition coefficient (Wildman–Crippen LogP) is 1.01. The molecule has 1 amide bonds. The highest BCUT2D eigenvalue weighted by atomic mass is 16.5. The van der Waals surface area contributed by atoms with Crippen molar-refractivity contribution in [2.75, 3.05) is 5.32 Å². The van der Waals surface area contributed by atoms with Gasteiger partial charge < -0.3 is 4.74 Å². The first-order valence-electron chi connectivity index (χ1n) is 5.77. The Morgan fingerprint density at radius 3 is 2.58 bits per heavy atom. The molecule has 0 aliphatic heterocycles. The third-order valence-corrected chi connectivity index (χ3v) is 2.40. The molecule has 0 bridgehead atoms. The van der Waals surface area contributed by atoms with Gasteiger partial charge in [0, 0.05) is 0 Å². The molecule has 2 rings (SSSR count). The van der Waals surface area contributed by atoms with Gasteiger partial charge in [-0.15, -0.1) is 5.10 Å². The zero-order chi connectivity index (χ0) is 13.9. The van der Waals surface area contributed by atoms with Crippen molar-refractivity contribution in [2.24, 2.45) is 7.05 Å². The number of amides is 1. The van der Waals surface area contributed by atoms with E-state index in [0.29, 0.717) is 5.75 Å². The lowest BCUT2D eigenvalue weighted by molar-refractivity contribution is -0.128. The van der Waals surface area contributed by atoms with E-state index in [4.69, 9.17) is 4.74 Å². The molecule has 0 fully saturated rings. The van der Waals surface area contributed by atoms with Crippen LogP contribution in [0.1, 0.15) is 13.8 Å². The first kappa shape index (κ1) is 13.0. The van der Waals surface area contributed by atoms with Crippen LogP contribution in [0.15, 0.2) is 30.3 Å². The second-order valence-corrected chi connectivity index (χ2v) is 4.48. The number of hydrogen-bond acceptors (Lipinski definition) is 5. The maximum Gasteiger partial charge on any atom is 0.270 e. The van der Waals surface area contributed by atoms with Crippen LogP contribution in [0.5, 0.6) is 5.75 Å². The Balaban J connectivity index is 2.04. The van der Waals surface area contributed by atoms with Crippen LogP contribution < -0.4 is 10.1 Å². The van der Waals surface area contributed by atoms with E-state index < -0.39 is 5.60 Å². The molecule has 2 aromatic rings. The number of para-hydroxylation sites is 1. The second-order valence-electron chi connectivity index (χ2n) is 4.48. The summed E-state index contributed by atoms with van der Waals surface area (Å²) >= 11 is 0. The molecule has 0 aliphatic rings. The van der Waals surface area contributed by atoms with Gasteiger partial charge in [0.15, 0.2) is 5.60 Å². The summed E-state index contributed by atoms with van der Waals surface area (Å²) in [5.74, 6) is 0.427. The molecule has 0 atom stereocenters. The number of carbonyl (C=O) groups is 1. The molecular formula is C12H15N5O2. The standard InChI is InChI=1S/C12H15N5O2/c1-12(2,19-9-7-5-4-6-8-9)10(18)13-11-14-16-17(3)15-11/h4-8H,1-3H3,(H,13,15,18). The summed E-state index contributed by atoms with van der Waals surface area (Å²) in [6, 6.07) is 9.13. The molecule has 0 spiro atoms. The van der Waals surface area contributed by atoms with Crippen molar-refractivity contribution < 1.29 is 9.53 Å². The number of nitrogens with zero attached hydrogens (tertiary/aromatic N) is 4. The van der Waals surface area contributed by atoms with Gasteiger partial charge >= 0.3 is 0 Å². The average molecular weight is 261 g/mol. The van der Waals surface area contributed by atoms with Gasteiger partial charge in [-0.25, -0.2) is 0 Å². The van der Waals surface area contributed by atoms with Gasteiger partial charge in [0.25, 0.3) is 11.9 Å². The third kappa shape index (κ3) is 3.27. The highest BCUT2D eigenvalue weighted by molar-refractivity contribution is 5.95. The first-order valence-corrected chi connectivity index (χ1v) is 5.77. The monoisotopic (exact) mass is 261 g/mol. The molecule has 0 radical (unpaired) electrons. The summed E-state index contributed by atoms with van der Waals surface area (Å²) in [6.07, 6.45) is 0. The topological polar surface area (TPSA) is 81.9 Å². The van der Waals surface area contributed by atoms with Crippen LogP contribution in [0.2, 0.25) is 0 Å². The van der Waals surface area contributed by atoms with E-state index in [2.05, 4.69) is 20.7 Å². The van der Waals surface area contributed by atoms with Gasteiger partial charge in [-0.05, 0) is 31.2 Å². The smallest absolute Gasteiger partial charge is 0.270 e. The lowest BCUT2D eigenvalue weighted by Gasteiger charge is -2.24. The fourth-order valence-electron chi connectivity index (χ4n) is 1.42. The zero-order valence-electron chi connectivity index (χ0n) is 11.0. The lowest BCUT2D eigenvalue weighted by Crippen LogP contribution is -2.42. The van der Waals surface area contributed by atoms with E-state index in [-0.39, 0.29) is 11.9 Å². The number of nitrogens with one attached hydrogen (secondary N) is 1. The molecule has 0 aliphatic carbocycles. The maximum atomic E-state index is 12.1. The lowest BCUT2D eigenvalue weighted by atomic mass is 10.1. The van der Waals surface area contributed by atoms with E-state index >= 15 is 0 Å². The quantitative estimate of drug-likeness (QED) is 0.888. The Kier molecular flexibility index (Phi) is 3.46. The van der Waals surface area contributed by atoms with E-state index in [1.165, 1.54) is 4.80 Å². The number of benzene rings is 1. The third-order valence-electron chi connectivity index (χ3n) is 2.40. The zero-order valence-corrected chi connectivity index (χ0v) is 11.0. The molecule has 0 unspecified atom stereocenters. The van der Waals surface area contributed by atoms with Crippen molar-refractivity contribution in [3.05, 3.63) is 30.3 Å². The largest absolute Gasteiger partial charge is 0.478 e. The molecule has 7 nitrogen and oxygen atoms in total. The van der Waals surface area contributed by atoms with Gasteiger partial charge in [0.1, 0.15) is 5.75 Å². The Hall–Kier alpha value is -2.44. The number of anilines is 1. The molecule has 0 saturated heterocycles. The SMILES string of the molecule is Cn1nnc(NC(=O)C(C)(C)Oc2ccccc2)n1. The van der Waals surface area contributed by atoms with Crippen molar-refractivity contribution in [1.82, 2.24) is 20.2 Å². The second kappa shape index (κ2) is 5.05. The van der Waals surface area contributed by atoms with Crippen molar-refractivity contribution in [1.29, 1.82) is 0 Å². The predicted molar refractivity (Wildman–Crippen MR) is 68.6 cm³/mol. The van der Waals surface area contributed by atoms with Crippen LogP contribution in [0.25, 0.3) is 0 Å². The van der Waals surface area contributed by atoms with Crippen LogP contribution in [0.3, 0.4) is 0 Å². The van der Waals surface area contributed by atoms with Crippen LogP contribution in [-0.4, -0.2) is 31.7 Å². The Morgan fingerprint density at radius 1 is 1.32 bits per heavy atom. The average Bonchev–Trinajstić information content (AvgIpc) is 2.75. The minimum absolute atomic E-state index is 0.150. The summed E-state index contributed by atoms with van der Waals surface area (Å²) in [7, 11) is 1.62. The highest BCUT2D eigenvalue weighted by Crippen LogP contribution is 2.18. The molecule has 1 aromatic heterocycles. The number of hydrogen-bond donors (Lipinski definition) is 1. The molecule has 1 N–H and O–H groups in total. The molecule has 100 valence electrons. The highest BCUT2D eigenvalue weighted by Gasteiger charge is 2.30. The Bertz CT molecular complexity index is 565. The van der Waals surface area contributed by atoms with E-state index in [1.807, 2.05) is 18.2 Å². The van der Waals surface area contributed by atoms with Crippen LogP contribution in [0.4, 0.5) is 5.95 Å². The summed E-state index contributed by atoms with van der Waals surface area (Å²) in [6.45, 7) is 3.34. The summed E-state index contributed by atoms with van der Waals surface area (Å²) in [5, 5.41) is 13.8. The van der Waals surface area contributed by atoms with Gasteiger partial charge in [0.2, 0.25) is 0 Å². The number of ether oxygens (including phenoxy) is 1. The van der Waals surface area contributed by atoms with Crippen molar-refractivity contribution in [3.63, 3.8) is 0 Å². The Labute approximate surface area is 110 Å². The van der Waals surface area contributed by atoms with Crippen molar-refractivity contribution in [3.8, 4) is 5.75 Å². The Morgan fingerprint density at radius 2 is 2.00 bits per heavy atom. The van der Waals surface area contributed by atoms with Gasteiger partial charge in [-0.3, -0.25) is 10.1 Å². The minimum Gasteiger partial charge on any atom is -0.478 e. The van der Waals surface area contributed by atoms with Crippen LogP contribution in [-0.2, 0) is 11.8 Å². The number of tetrazole rings is 1. The first-order chi connectivity index (χ1) is 8.97. The fourth-order valence-corrected chi connectivity index (χ4v) is 1.42. The van der Waals surface area contributed by atoms with Crippen LogP contribution >= 0.6 is 0 Å². The van der Waals surface area contributed by atoms with Crippen molar-refractivity contribution >= 4 is 11.9 Å². The van der Waals surface area contributed by atoms with Gasteiger partial charge in [0.05, 0.1) is 7.05 Å². The maximum absolute atomic E-state index is 12.1.